The molecule has 0 N–H and O–H groups in total. The van der Waals surface area contributed by atoms with E-state index in [0.29, 0.717) is 5.69 Å². The Bertz CT molecular complexity index is 815. The van der Waals surface area contributed by atoms with E-state index in [9.17, 15) is 19.7 Å². The van der Waals surface area contributed by atoms with Crippen LogP contribution in [0.1, 0.15) is 44.8 Å². The van der Waals surface area contributed by atoms with Crippen molar-refractivity contribution in [2.45, 2.75) is 26.3 Å². The number of imide groups is 1. The summed E-state index contributed by atoms with van der Waals surface area (Å²) in [5.74, 6) is -0.955. The monoisotopic (exact) mass is 331 g/mol. The number of thiazole rings is 1. The van der Waals surface area contributed by atoms with E-state index in [1.807, 2.05) is 5.38 Å². The summed E-state index contributed by atoms with van der Waals surface area (Å²) in [5, 5.41) is 13.6. The molecule has 1 aliphatic heterocycles. The molecule has 0 radical (unpaired) electrons. The van der Waals surface area contributed by atoms with Crippen LogP contribution < -0.4 is 0 Å². The number of non-ortho nitro benzene ring substituents is 1. The molecule has 0 fully saturated rings. The third kappa shape index (κ3) is 2.72. The van der Waals surface area contributed by atoms with Gasteiger partial charge in [-0.05, 0) is 18.9 Å². The molecule has 0 spiro atoms. The molecule has 0 saturated carbocycles. The van der Waals surface area contributed by atoms with E-state index >= 15 is 0 Å². The van der Waals surface area contributed by atoms with Gasteiger partial charge in [0.2, 0.25) is 0 Å². The Morgan fingerprint density at radius 2 is 2.00 bits per heavy atom. The number of rotatable bonds is 5. The topological polar surface area (TPSA) is 93.4 Å². The molecule has 2 aromatic rings. The van der Waals surface area contributed by atoms with Crippen LogP contribution in [-0.2, 0) is 13.0 Å². The molecule has 0 aliphatic carbocycles. The molecule has 2 heterocycles. The normalized spacial score (nSPS) is 13.5. The molecule has 1 aromatic carbocycles. The molecule has 23 heavy (non-hydrogen) atoms. The van der Waals surface area contributed by atoms with Crippen molar-refractivity contribution in [1.29, 1.82) is 0 Å². The summed E-state index contributed by atoms with van der Waals surface area (Å²) >= 11 is 1.50. The van der Waals surface area contributed by atoms with E-state index in [4.69, 9.17) is 0 Å². The van der Waals surface area contributed by atoms with Crippen LogP contribution in [0.2, 0.25) is 0 Å². The van der Waals surface area contributed by atoms with Crippen molar-refractivity contribution in [2.75, 3.05) is 0 Å². The number of carbonyl (C=O) groups is 2. The number of aryl methyl sites for hydroxylation is 1. The second-order valence-corrected chi connectivity index (χ2v) is 6.11. The molecule has 1 aromatic heterocycles. The molecule has 0 saturated heterocycles. The summed E-state index contributed by atoms with van der Waals surface area (Å²) in [6, 6.07) is 3.71. The summed E-state index contributed by atoms with van der Waals surface area (Å²) in [6.07, 6.45) is 1.84. The lowest BCUT2D eigenvalue weighted by Gasteiger charge is -2.11. The average molecular weight is 331 g/mol. The highest BCUT2D eigenvalue weighted by atomic mass is 32.1. The smallest absolute Gasteiger partial charge is 0.269 e. The van der Waals surface area contributed by atoms with Gasteiger partial charge in [0.15, 0.2) is 0 Å². The van der Waals surface area contributed by atoms with Crippen LogP contribution in [0.4, 0.5) is 5.69 Å². The second-order valence-electron chi connectivity index (χ2n) is 5.17. The number of benzene rings is 1. The Hall–Kier alpha value is -2.61. The Morgan fingerprint density at radius 1 is 1.26 bits per heavy atom. The van der Waals surface area contributed by atoms with Crippen LogP contribution in [0.5, 0.6) is 0 Å². The van der Waals surface area contributed by atoms with Gasteiger partial charge < -0.3 is 0 Å². The van der Waals surface area contributed by atoms with Crippen LogP contribution in [0.15, 0.2) is 23.6 Å². The van der Waals surface area contributed by atoms with Crippen LogP contribution in [-0.4, -0.2) is 26.6 Å². The van der Waals surface area contributed by atoms with Gasteiger partial charge >= 0.3 is 0 Å². The predicted octanol–water partition coefficient (Wildman–Crippen LogP) is 2.80. The number of nitrogens with zero attached hydrogens (tertiary/aromatic N) is 3. The average Bonchev–Trinajstić information content (AvgIpc) is 3.06. The van der Waals surface area contributed by atoms with Gasteiger partial charge in [-0.3, -0.25) is 24.6 Å². The minimum Gasteiger partial charge on any atom is -0.269 e. The Kier molecular flexibility index (Phi) is 3.91. The van der Waals surface area contributed by atoms with E-state index < -0.39 is 16.7 Å². The first-order valence-corrected chi connectivity index (χ1v) is 7.97. The summed E-state index contributed by atoms with van der Waals surface area (Å²) in [5.41, 5.74) is 0.728. The van der Waals surface area contributed by atoms with Crippen molar-refractivity contribution in [3.05, 3.63) is 55.5 Å². The fourth-order valence-electron chi connectivity index (χ4n) is 2.45. The van der Waals surface area contributed by atoms with Gasteiger partial charge in [-0.2, -0.15) is 0 Å². The lowest BCUT2D eigenvalue weighted by Crippen LogP contribution is -2.29. The van der Waals surface area contributed by atoms with Gasteiger partial charge in [-0.1, -0.05) is 6.92 Å². The fraction of sp³-hybridized carbons (Fsp3) is 0.267. The van der Waals surface area contributed by atoms with Gasteiger partial charge in [0.05, 0.1) is 33.3 Å². The largest absolute Gasteiger partial charge is 0.270 e. The van der Waals surface area contributed by atoms with Gasteiger partial charge in [0.1, 0.15) is 0 Å². The van der Waals surface area contributed by atoms with E-state index in [2.05, 4.69) is 11.9 Å². The van der Waals surface area contributed by atoms with Crippen LogP contribution >= 0.6 is 11.3 Å². The highest BCUT2D eigenvalue weighted by molar-refractivity contribution is 7.09. The lowest BCUT2D eigenvalue weighted by atomic mass is 10.1. The van der Waals surface area contributed by atoms with Crippen molar-refractivity contribution in [2.24, 2.45) is 0 Å². The van der Waals surface area contributed by atoms with E-state index in [0.717, 1.165) is 28.8 Å². The fourth-order valence-corrected chi connectivity index (χ4v) is 3.34. The molecule has 1 aliphatic rings. The maximum absolute atomic E-state index is 12.4. The molecular weight excluding hydrogens is 318 g/mol. The zero-order valence-corrected chi connectivity index (χ0v) is 13.1. The quantitative estimate of drug-likeness (QED) is 0.477. The van der Waals surface area contributed by atoms with Gasteiger partial charge in [0, 0.05) is 17.5 Å². The van der Waals surface area contributed by atoms with Crippen molar-refractivity contribution >= 4 is 28.8 Å². The van der Waals surface area contributed by atoms with Crippen molar-refractivity contribution < 1.29 is 14.5 Å². The molecule has 2 amide bonds. The van der Waals surface area contributed by atoms with Crippen molar-refractivity contribution in [3.8, 4) is 0 Å². The van der Waals surface area contributed by atoms with Crippen molar-refractivity contribution in [1.82, 2.24) is 9.88 Å². The maximum Gasteiger partial charge on any atom is 0.270 e. The SMILES string of the molecule is CCCc1nc(CN2C(=O)c3ccc([N+](=O)[O-])cc3C2=O)cs1. The van der Waals surface area contributed by atoms with Crippen LogP contribution in [0.25, 0.3) is 0 Å². The number of hydrogen-bond donors (Lipinski definition) is 0. The zero-order valence-electron chi connectivity index (χ0n) is 12.3. The molecule has 0 bridgehead atoms. The first-order chi connectivity index (χ1) is 11.0. The van der Waals surface area contributed by atoms with Gasteiger partial charge in [-0.15, -0.1) is 11.3 Å². The Labute approximate surface area is 135 Å². The minimum absolute atomic E-state index is 0.0770. The standard InChI is InChI=1S/C15H13N3O4S/c1-2-3-13-16-9(8-23-13)7-17-14(19)11-5-4-10(18(21)22)6-12(11)15(17)20/h4-6,8H,2-3,7H2,1H3. The molecule has 3 rings (SSSR count). The third-order valence-corrected chi connectivity index (χ3v) is 4.51. The highest BCUT2D eigenvalue weighted by Crippen LogP contribution is 2.28. The second kappa shape index (κ2) is 5.88. The summed E-state index contributed by atoms with van der Waals surface area (Å²) in [6.45, 7) is 2.14. The lowest BCUT2D eigenvalue weighted by molar-refractivity contribution is -0.384. The first kappa shape index (κ1) is 15.3. The van der Waals surface area contributed by atoms with Gasteiger partial charge in [-0.25, -0.2) is 4.98 Å². The zero-order chi connectivity index (χ0) is 16.6. The predicted molar refractivity (Wildman–Crippen MR) is 83.4 cm³/mol. The van der Waals surface area contributed by atoms with Crippen LogP contribution in [0.3, 0.4) is 0 Å². The highest BCUT2D eigenvalue weighted by Gasteiger charge is 2.37. The number of carbonyl (C=O) groups excluding carboxylic acids is 2. The third-order valence-electron chi connectivity index (χ3n) is 3.55. The summed E-state index contributed by atoms with van der Waals surface area (Å²) < 4.78 is 0. The summed E-state index contributed by atoms with van der Waals surface area (Å²) in [4.78, 5) is 40.4. The number of hydrogen-bond acceptors (Lipinski definition) is 6. The van der Waals surface area contributed by atoms with Crippen LogP contribution in [0, 0.1) is 10.1 Å². The Balaban J connectivity index is 1.86. The maximum atomic E-state index is 12.4. The van der Waals surface area contributed by atoms with E-state index in [-0.39, 0.29) is 23.4 Å². The Morgan fingerprint density at radius 3 is 2.70 bits per heavy atom. The minimum atomic E-state index is -0.585. The first-order valence-electron chi connectivity index (χ1n) is 7.09. The number of nitro benzene ring substituents is 1. The van der Waals surface area contributed by atoms with Crippen molar-refractivity contribution in [3.63, 3.8) is 0 Å². The number of nitro groups is 1. The van der Waals surface area contributed by atoms with E-state index in [1.54, 1.807) is 0 Å². The molecular formula is C15H13N3O4S. The van der Waals surface area contributed by atoms with E-state index in [1.165, 1.54) is 23.5 Å². The summed E-state index contributed by atoms with van der Waals surface area (Å²) in [7, 11) is 0. The molecule has 118 valence electrons. The number of aromatic nitrogens is 1. The molecule has 0 unspecified atom stereocenters. The molecule has 0 atom stereocenters. The number of amides is 2. The molecule has 8 heteroatoms. The number of fused-ring (bicyclic) bond motifs is 1. The molecule has 7 nitrogen and oxygen atoms in total. The van der Waals surface area contributed by atoms with Gasteiger partial charge in [0.25, 0.3) is 17.5 Å².